The Morgan fingerprint density at radius 2 is 1.69 bits per heavy atom. The minimum Gasteiger partial charge on any atom is -0.298 e. The molecule has 0 aliphatic rings. The molecule has 1 aromatic rings. The van der Waals surface area contributed by atoms with E-state index < -0.39 is 15.1 Å². The van der Waals surface area contributed by atoms with Crippen molar-refractivity contribution in [1.29, 1.82) is 0 Å². The van der Waals surface area contributed by atoms with Gasteiger partial charge in [-0.3, -0.25) is 4.79 Å². The summed E-state index contributed by atoms with van der Waals surface area (Å²) in [5.41, 5.74) is 1.51. The third-order valence-electron chi connectivity index (χ3n) is 2.48. The molecular formula is C11H13FO3S. The fraction of sp³-hybridized carbons (Fsp3) is 0.364. The van der Waals surface area contributed by atoms with Gasteiger partial charge >= 0.3 is 10.2 Å². The first-order valence-electron chi connectivity index (χ1n) is 4.99. The lowest BCUT2D eigenvalue weighted by Crippen LogP contribution is -2.03. The van der Waals surface area contributed by atoms with Crippen LogP contribution in [-0.2, 0) is 23.1 Å². The monoisotopic (exact) mass is 244 g/mol. The minimum atomic E-state index is -4.83. The van der Waals surface area contributed by atoms with Crippen LogP contribution in [0.25, 0.3) is 0 Å². The maximum Gasteiger partial charge on any atom is 0.332 e. The van der Waals surface area contributed by atoms with E-state index in [1.165, 1.54) is 12.1 Å². The molecule has 0 heterocycles. The van der Waals surface area contributed by atoms with Crippen molar-refractivity contribution in [2.24, 2.45) is 0 Å². The lowest BCUT2D eigenvalue weighted by molar-refractivity contribution is 0.112. The molecule has 0 aliphatic carbocycles. The summed E-state index contributed by atoms with van der Waals surface area (Å²) in [7, 11) is -4.83. The van der Waals surface area contributed by atoms with Crippen LogP contribution in [0.5, 0.6) is 0 Å². The fourth-order valence-electron chi connectivity index (χ4n) is 1.65. The van der Waals surface area contributed by atoms with Gasteiger partial charge in [0.2, 0.25) is 0 Å². The lowest BCUT2D eigenvalue weighted by Gasteiger charge is -2.09. The molecule has 0 saturated carbocycles. The van der Waals surface area contributed by atoms with Crippen LogP contribution in [0.1, 0.15) is 35.3 Å². The van der Waals surface area contributed by atoms with Crippen molar-refractivity contribution in [3.63, 3.8) is 0 Å². The van der Waals surface area contributed by atoms with Gasteiger partial charge in [-0.25, -0.2) is 0 Å². The van der Waals surface area contributed by atoms with Gasteiger partial charge in [-0.05, 0) is 36.1 Å². The zero-order valence-electron chi connectivity index (χ0n) is 9.16. The van der Waals surface area contributed by atoms with Gasteiger partial charge < -0.3 is 0 Å². The van der Waals surface area contributed by atoms with Crippen molar-refractivity contribution in [3.8, 4) is 0 Å². The molecule has 0 aliphatic heterocycles. The topological polar surface area (TPSA) is 51.2 Å². The Hall–Kier alpha value is -1.23. The van der Waals surface area contributed by atoms with Crippen LogP contribution in [-0.4, -0.2) is 14.7 Å². The van der Waals surface area contributed by atoms with E-state index in [2.05, 4.69) is 0 Å². The molecule has 3 nitrogen and oxygen atoms in total. The maximum atomic E-state index is 12.9. The molecule has 0 atom stereocenters. The van der Waals surface area contributed by atoms with Crippen LogP contribution < -0.4 is 0 Å². The summed E-state index contributed by atoms with van der Waals surface area (Å²) in [5.74, 6) is 0. The first kappa shape index (κ1) is 12.8. The Morgan fingerprint density at radius 3 is 2.06 bits per heavy atom. The number of aryl methyl sites for hydroxylation is 2. The zero-order chi connectivity index (χ0) is 12.3. The van der Waals surface area contributed by atoms with Crippen molar-refractivity contribution < 1.29 is 17.1 Å². The van der Waals surface area contributed by atoms with Crippen LogP contribution in [0, 0.1) is 0 Å². The Bertz CT molecular complexity index is 506. The second-order valence-electron chi connectivity index (χ2n) is 3.42. The van der Waals surface area contributed by atoms with Gasteiger partial charge in [0.1, 0.15) is 4.90 Å². The zero-order valence-corrected chi connectivity index (χ0v) is 9.97. The number of halogens is 1. The Balaban J connectivity index is 3.56. The number of carbonyl (C=O) groups excluding carboxylic acids is 1. The lowest BCUT2D eigenvalue weighted by atomic mass is 10.0. The molecule has 5 heteroatoms. The van der Waals surface area contributed by atoms with Gasteiger partial charge in [-0.15, -0.1) is 3.89 Å². The molecule has 16 heavy (non-hydrogen) atoms. The standard InChI is InChI=1S/C11H13FO3S/c1-3-8-5-10(7-13)11(16(12,14)15)6-9(8)4-2/h5-7H,3-4H2,1-2H3. The minimum absolute atomic E-state index is 0.114. The summed E-state index contributed by atoms with van der Waals surface area (Å²) >= 11 is 0. The molecule has 0 bridgehead atoms. The van der Waals surface area contributed by atoms with Crippen LogP contribution >= 0.6 is 0 Å². The van der Waals surface area contributed by atoms with E-state index in [0.29, 0.717) is 19.1 Å². The first-order chi connectivity index (χ1) is 7.43. The Kier molecular flexibility index (Phi) is 3.80. The van der Waals surface area contributed by atoms with Crippen LogP contribution in [0.2, 0.25) is 0 Å². The van der Waals surface area contributed by atoms with Gasteiger partial charge in [0, 0.05) is 5.56 Å². The van der Waals surface area contributed by atoms with E-state index in [9.17, 15) is 17.1 Å². The quantitative estimate of drug-likeness (QED) is 0.603. The van der Waals surface area contributed by atoms with E-state index in [0.717, 1.165) is 11.1 Å². The summed E-state index contributed by atoms with van der Waals surface area (Å²) in [6.45, 7) is 3.75. The summed E-state index contributed by atoms with van der Waals surface area (Å²) in [5, 5.41) is 0. The predicted molar refractivity (Wildman–Crippen MR) is 58.9 cm³/mol. The number of hydrogen-bond donors (Lipinski definition) is 0. The summed E-state index contributed by atoms with van der Waals surface area (Å²) < 4.78 is 34.6. The molecule has 0 N–H and O–H groups in total. The molecule has 0 spiro atoms. The van der Waals surface area contributed by atoms with Crippen LogP contribution in [0.3, 0.4) is 0 Å². The van der Waals surface area contributed by atoms with E-state index in [4.69, 9.17) is 0 Å². The van der Waals surface area contributed by atoms with Crippen LogP contribution in [0.15, 0.2) is 17.0 Å². The van der Waals surface area contributed by atoms with Gasteiger partial charge in [0.05, 0.1) is 0 Å². The summed E-state index contributed by atoms with van der Waals surface area (Å²) in [6.07, 6.45) is 1.65. The number of rotatable bonds is 4. The highest BCUT2D eigenvalue weighted by molar-refractivity contribution is 7.86. The second-order valence-corrected chi connectivity index (χ2v) is 4.74. The smallest absolute Gasteiger partial charge is 0.298 e. The highest BCUT2D eigenvalue weighted by atomic mass is 32.3. The van der Waals surface area contributed by atoms with Gasteiger partial charge in [-0.2, -0.15) is 8.42 Å². The van der Waals surface area contributed by atoms with Gasteiger partial charge in [0.15, 0.2) is 6.29 Å². The number of hydrogen-bond acceptors (Lipinski definition) is 3. The van der Waals surface area contributed by atoms with E-state index >= 15 is 0 Å². The molecule has 1 aromatic carbocycles. The third-order valence-corrected chi connectivity index (χ3v) is 3.36. The molecule has 0 unspecified atom stereocenters. The summed E-state index contributed by atoms with van der Waals surface area (Å²) in [4.78, 5) is 10.2. The van der Waals surface area contributed by atoms with Gasteiger partial charge in [0.25, 0.3) is 0 Å². The average molecular weight is 244 g/mol. The molecule has 1 rings (SSSR count). The molecule has 0 amide bonds. The number of carbonyl (C=O) groups is 1. The summed E-state index contributed by atoms with van der Waals surface area (Å²) in [6, 6.07) is 2.69. The van der Waals surface area contributed by atoms with Crippen molar-refractivity contribution in [2.75, 3.05) is 0 Å². The third kappa shape index (κ3) is 2.47. The van der Waals surface area contributed by atoms with Crippen molar-refractivity contribution in [3.05, 3.63) is 28.8 Å². The molecule has 0 saturated heterocycles. The van der Waals surface area contributed by atoms with Gasteiger partial charge in [-0.1, -0.05) is 13.8 Å². The highest BCUT2D eigenvalue weighted by Gasteiger charge is 2.19. The first-order valence-corrected chi connectivity index (χ1v) is 6.38. The molecule has 0 radical (unpaired) electrons. The fourth-order valence-corrected chi connectivity index (χ4v) is 2.32. The van der Waals surface area contributed by atoms with Crippen molar-refractivity contribution >= 4 is 16.5 Å². The maximum absolute atomic E-state index is 12.9. The SMILES string of the molecule is CCc1cc(C=O)c(S(=O)(=O)F)cc1CC. The van der Waals surface area contributed by atoms with E-state index in [1.54, 1.807) is 0 Å². The number of benzene rings is 1. The predicted octanol–water partition coefficient (Wildman–Crippen LogP) is 2.28. The van der Waals surface area contributed by atoms with E-state index in [-0.39, 0.29) is 5.56 Å². The number of aldehydes is 1. The molecule has 0 fully saturated rings. The normalized spacial score (nSPS) is 11.4. The Labute approximate surface area is 94.5 Å². The molecular weight excluding hydrogens is 231 g/mol. The second kappa shape index (κ2) is 4.74. The molecule has 88 valence electrons. The van der Waals surface area contributed by atoms with E-state index in [1.807, 2.05) is 13.8 Å². The van der Waals surface area contributed by atoms with Crippen LogP contribution in [0.4, 0.5) is 3.89 Å². The largest absolute Gasteiger partial charge is 0.332 e. The highest BCUT2D eigenvalue weighted by Crippen LogP contribution is 2.23. The Morgan fingerprint density at radius 1 is 1.19 bits per heavy atom. The molecule has 0 aromatic heterocycles. The van der Waals surface area contributed by atoms with Crippen molar-refractivity contribution in [1.82, 2.24) is 0 Å². The average Bonchev–Trinajstić information content (AvgIpc) is 2.25. The van der Waals surface area contributed by atoms with Crippen molar-refractivity contribution in [2.45, 2.75) is 31.6 Å².